The Morgan fingerprint density at radius 1 is 1.32 bits per heavy atom. The number of morpholine rings is 1. The maximum atomic E-state index is 12.8. The summed E-state index contributed by atoms with van der Waals surface area (Å²) >= 11 is 0. The maximum Gasteiger partial charge on any atom is 0.290 e. The molecule has 1 saturated heterocycles. The summed E-state index contributed by atoms with van der Waals surface area (Å²) in [6.07, 6.45) is 0.964. The predicted octanol–water partition coefficient (Wildman–Crippen LogP) is 2.56. The van der Waals surface area contributed by atoms with Crippen molar-refractivity contribution in [1.82, 2.24) is 4.90 Å². The van der Waals surface area contributed by atoms with Gasteiger partial charge in [0.1, 0.15) is 12.4 Å². The quantitative estimate of drug-likeness (QED) is 0.857. The second kappa shape index (κ2) is 7.11. The van der Waals surface area contributed by atoms with Gasteiger partial charge in [0.15, 0.2) is 5.76 Å². The Morgan fingerprint density at radius 2 is 2.08 bits per heavy atom. The molecule has 25 heavy (non-hydrogen) atoms. The van der Waals surface area contributed by atoms with Gasteiger partial charge in [0, 0.05) is 6.07 Å². The Bertz CT molecular complexity index is 829. The summed E-state index contributed by atoms with van der Waals surface area (Å²) in [4.78, 5) is 26.4. The van der Waals surface area contributed by atoms with E-state index >= 15 is 0 Å². The van der Waals surface area contributed by atoms with Gasteiger partial charge in [-0.15, -0.1) is 0 Å². The van der Waals surface area contributed by atoms with Crippen LogP contribution in [-0.4, -0.2) is 37.1 Å². The number of hydrogen-bond acceptors (Lipinski definition) is 5. The van der Waals surface area contributed by atoms with E-state index in [4.69, 9.17) is 13.9 Å². The summed E-state index contributed by atoms with van der Waals surface area (Å²) in [5.41, 5.74) is 1.79. The number of aryl methyl sites for hydroxylation is 1. The summed E-state index contributed by atoms with van der Waals surface area (Å²) in [5.74, 6) is -0.249. The summed E-state index contributed by atoms with van der Waals surface area (Å²) < 4.78 is 16.1. The number of nitrogens with zero attached hydrogens (tertiary/aromatic N) is 1. The van der Waals surface area contributed by atoms with E-state index in [-0.39, 0.29) is 35.0 Å². The van der Waals surface area contributed by atoms with Crippen molar-refractivity contribution in [2.75, 3.05) is 20.3 Å². The fourth-order valence-corrected chi connectivity index (χ4v) is 2.98. The minimum atomic E-state index is -0.381. The number of ether oxygens (including phenoxy) is 2. The zero-order chi connectivity index (χ0) is 18.0. The van der Waals surface area contributed by atoms with Crippen LogP contribution < -0.4 is 10.2 Å². The van der Waals surface area contributed by atoms with Gasteiger partial charge >= 0.3 is 0 Å². The van der Waals surface area contributed by atoms with E-state index in [9.17, 15) is 9.59 Å². The van der Waals surface area contributed by atoms with Gasteiger partial charge in [0.25, 0.3) is 5.91 Å². The molecule has 1 aliphatic heterocycles. The Hall–Kier alpha value is -2.60. The molecule has 6 heteroatoms. The SMILES string of the molecule is COc1coc(C(=O)N2C[C@H](c3ccccc3C)OC[C@H]2C)cc1=O. The van der Waals surface area contributed by atoms with Crippen molar-refractivity contribution in [3.63, 3.8) is 0 Å². The van der Waals surface area contributed by atoms with Crippen LogP contribution >= 0.6 is 0 Å². The number of hydrogen-bond donors (Lipinski definition) is 0. The summed E-state index contributed by atoms with van der Waals surface area (Å²) in [6.45, 7) is 4.75. The fraction of sp³-hybridized carbons (Fsp3) is 0.368. The largest absolute Gasteiger partial charge is 0.490 e. The molecular weight excluding hydrogens is 322 g/mol. The minimum Gasteiger partial charge on any atom is -0.490 e. The highest BCUT2D eigenvalue weighted by molar-refractivity contribution is 5.91. The molecule has 0 N–H and O–H groups in total. The number of benzene rings is 1. The van der Waals surface area contributed by atoms with Crippen LogP contribution in [0.4, 0.5) is 0 Å². The second-order valence-electron chi connectivity index (χ2n) is 6.16. The first-order valence-corrected chi connectivity index (χ1v) is 8.16. The number of carbonyl (C=O) groups is 1. The van der Waals surface area contributed by atoms with E-state index in [2.05, 4.69) is 0 Å². The van der Waals surface area contributed by atoms with Crippen molar-refractivity contribution in [3.05, 3.63) is 63.7 Å². The van der Waals surface area contributed by atoms with Crippen molar-refractivity contribution in [3.8, 4) is 5.75 Å². The monoisotopic (exact) mass is 343 g/mol. The molecule has 0 saturated carbocycles. The third-order valence-corrected chi connectivity index (χ3v) is 4.46. The summed E-state index contributed by atoms with van der Waals surface area (Å²) in [7, 11) is 1.38. The van der Waals surface area contributed by atoms with E-state index in [1.807, 2.05) is 38.1 Å². The summed E-state index contributed by atoms with van der Waals surface area (Å²) in [5, 5.41) is 0. The Balaban J connectivity index is 1.85. The standard InChI is InChI=1S/C19H21NO5/c1-12-6-4-5-7-14(12)17-9-20(13(2)10-24-17)19(22)16-8-15(21)18(23-3)11-25-16/h4-8,11,13,17H,9-10H2,1-3H3/t13-,17-/m1/s1. The van der Waals surface area contributed by atoms with Gasteiger partial charge < -0.3 is 18.8 Å². The smallest absolute Gasteiger partial charge is 0.290 e. The van der Waals surface area contributed by atoms with Crippen LogP contribution in [-0.2, 0) is 4.74 Å². The first kappa shape index (κ1) is 17.2. The molecule has 3 rings (SSSR count). The second-order valence-corrected chi connectivity index (χ2v) is 6.16. The molecule has 1 fully saturated rings. The molecule has 1 aromatic heterocycles. The van der Waals surface area contributed by atoms with E-state index < -0.39 is 0 Å². The molecular formula is C19H21NO5. The molecule has 6 nitrogen and oxygen atoms in total. The van der Waals surface area contributed by atoms with Crippen molar-refractivity contribution in [2.45, 2.75) is 26.0 Å². The zero-order valence-corrected chi connectivity index (χ0v) is 14.5. The first-order chi connectivity index (χ1) is 12.0. The number of methoxy groups -OCH3 is 1. The molecule has 1 aliphatic rings. The number of rotatable bonds is 3. The predicted molar refractivity (Wildman–Crippen MR) is 91.9 cm³/mol. The zero-order valence-electron chi connectivity index (χ0n) is 14.5. The van der Waals surface area contributed by atoms with Crippen molar-refractivity contribution in [2.24, 2.45) is 0 Å². The van der Waals surface area contributed by atoms with Crippen LogP contribution in [0.15, 0.2) is 45.8 Å². The molecule has 0 radical (unpaired) electrons. The molecule has 1 amide bonds. The molecule has 2 atom stereocenters. The average Bonchev–Trinajstić information content (AvgIpc) is 2.62. The lowest BCUT2D eigenvalue weighted by molar-refractivity contribution is -0.0498. The van der Waals surface area contributed by atoms with Crippen LogP contribution in [0.1, 0.15) is 34.7 Å². The van der Waals surface area contributed by atoms with Gasteiger partial charge in [0.2, 0.25) is 11.2 Å². The summed E-state index contributed by atoms with van der Waals surface area (Å²) in [6, 6.07) is 9.02. The minimum absolute atomic E-state index is 0.00286. The Labute approximate surface area is 146 Å². The van der Waals surface area contributed by atoms with Gasteiger partial charge in [0.05, 0.1) is 26.3 Å². The van der Waals surface area contributed by atoms with Gasteiger partial charge in [-0.05, 0) is 25.0 Å². The molecule has 0 bridgehead atoms. The lowest BCUT2D eigenvalue weighted by Gasteiger charge is -2.38. The van der Waals surface area contributed by atoms with Crippen LogP contribution in [0.3, 0.4) is 0 Å². The highest BCUT2D eigenvalue weighted by Gasteiger charge is 2.32. The topological polar surface area (TPSA) is 69.0 Å². The molecule has 0 aliphatic carbocycles. The van der Waals surface area contributed by atoms with Gasteiger partial charge in [-0.25, -0.2) is 0 Å². The Morgan fingerprint density at radius 3 is 2.76 bits per heavy atom. The van der Waals surface area contributed by atoms with Gasteiger partial charge in [-0.3, -0.25) is 9.59 Å². The highest BCUT2D eigenvalue weighted by Crippen LogP contribution is 2.28. The van der Waals surface area contributed by atoms with Crippen LogP contribution in [0, 0.1) is 6.92 Å². The lowest BCUT2D eigenvalue weighted by atomic mass is 10.0. The molecule has 132 valence electrons. The molecule has 2 heterocycles. The number of amides is 1. The Kier molecular flexibility index (Phi) is 4.90. The van der Waals surface area contributed by atoms with Crippen molar-refractivity contribution in [1.29, 1.82) is 0 Å². The maximum absolute atomic E-state index is 12.8. The van der Waals surface area contributed by atoms with E-state index in [1.165, 1.54) is 19.4 Å². The molecule has 1 aromatic carbocycles. The highest BCUT2D eigenvalue weighted by atomic mass is 16.5. The average molecular weight is 343 g/mol. The normalized spacial score (nSPS) is 20.4. The van der Waals surface area contributed by atoms with E-state index in [0.29, 0.717) is 13.2 Å². The third kappa shape index (κ3) is 3.44. The lowest BCUT2D eigenvalue weighted by Crippen LogP contribution is -2.48. The van der Waals surface area contributed by atoms with Gasteiger partial charge in [-0.1, -0.05) is 24.3 Å². The fourth-order valence-electron chi connectivity index (χ4n) is 2.98. The van der Waals surface area contributed by atoms with Crippen LogP contribution in [0.25, 0.3) is 0 Å². The number of carbonyl (C=O) groups excluding carboxylic acids is 1. The van der Waals surface area contributed by atoms with Crippen molar-refractivity contribution >= 4 is 5.91 Å². The molecule has 0 spiro atoms. The van der Waals surface area contributed by atoms with E-state index in [0.717, 1.165) is 11.1 Å². The van der Waals surface area contributed by atoms with Gasteiger partial charge in [-0.2, -0.15) is 0 Å². The third-order valence-electron chi connectivity index (χ3n) is 4.46. The van der Waals surface area contributed by atoms with E-state index in [1.54, 1.807) is 4.90 Å². The first-order valence-electron chi connectivity index (χ1n) is 8.16. The van der Waals surface area contributed by atoms with Crippen LogP contribution in [0.5, 0.6) is 5.75 Å². The van der Waals surface area contributed by atoms with Crippen molar-refractivity contribution < 1.29 is 18.7 Å². The molecule has 2 aromatic rings. The van der Waals surface area contributed by atoms with Crippen LogP contribution in [0.2, 0.25) is 0 Å². The molecule has 0 unspecified atom stereocenters.